The van der Waals surface area contributed by atoms with Crippen LogP contribution in [0, 0.1) is 0 Å². The lowest BCUT2D eigenvalue weighted by atomic mass is 9.91. The number of fused-ring (bicyclic) bond motifs is 1. The standard InChI is InChI=1S/C19H14BrNO3S2/c20-15-9-5-4-8-13(15)14-10-17(22)21-18-16(11-25-19(14)18)26(23,24)12-6-2-1-3-7-12/h1-9,11,14H,10H2,(H,21,22)/t14-/m0/s1. The average Bonchev–Trinajstić information content (AvgIpc) is 3.07. The molecule has 132 valence electrons. The molecule has 26 heavy (non-hydrogen) atoms. The smallest absolute Gasteiger partial charge is 0.225 e. The van der Waals surface area contributed by atoms with Crippen molar-refractivity contribution in [3.8, 4) is 0 Å². The molecule has 4 nitrogen and oxygen atoms in total. The predicted octanol–water partition coefficient (Wildman–Crippen LogP) is 4.82. The minimum absolute atomic E-state index is 0.161. The lowest BCUT2D eigenvalue weighted by Gasteiger charge is -2.24. The molecule has 0 fully saturated rings. The second-order valence-electron chi connectivity index (χ2n) is 5.98. The maximum Gasteiger partial charge on any atom is 0.225 e. The van der Waals surface area contributed by atoms with Crippen LogP contribution in [0.25, 0.3) is 0 Å². The van der Waals surface area contributed by atoms with Crippen LogP contribution in [0.15, 0.2) is 74.2 Å². The van der Waals surface area contributed by atoms with Crippen LogP contribution >= 0.6 is 27.3 Å². The second kappa shape index (κ2) is 6.64. The van der Waals surface area contributed by atoms with Crippen LogP contribution in [0.1, 0.15) is 22.8 Å². The van der Waals surface area contributed by atoms with Gasteiger partial charge in [-0.1, -0.05) is 52.3 Å². The van der Waals surface area contributed by atoms with Crippen LogP contribution in [-0.2, 0) is 14.6 Å². The minimum Gasteiger partial charge on any atom is -0.324 e. The zero-order valence-corrected chi connectivity index (χ0v) is 16.7. The third-order valence-corrected chi connectivity index (χ3v) is 8.14. The van der Waals surface area contributed by atoms with Gasteiger partial charge in [-0.15, -0.1) is 11.3 Å². The summed E-state index contributed by atoms with van der Waals surface area (Å²) in [6, 6.07) is 16.0. The van der Waals surface area contributed by atoms with Crippen molar-refractivity contribution in [3.63, 3.8) is 0 Å². The van der Waals surface area contributed by atoms with Crippen LogP contribution < -0.4 is 5.32 Å². The third kappa shape index (κ3) is 2.90. The van der Waals surface area contributed by atoms with Crippen LogP contribution in [0.4, 0.5) is 5.69 Å². The number of halogens is 1. The largest absolute Gasteiger partial charge is 0.324 e. The van der Waals surface area contributed by atoms with Gasteiger partial charge in [0.15, 0.2) is 0 Å². The minimum atomic E-state index is -3.69. The summed E-state index contributed by atoms with van der Waals surface area (Å²) in [4.78, 5) is 13.6. The Bertz CT molecular complexity index is 1090. The molecule has 0 bridgehead atoms. The molecule has 0 spiro atoms. The van der Waals surface area contributed by atoms with Gasteiger partial charge in [0, 0.05) is 27.1 Å². The monoisotopic (exact) mass is 447 g/mol. The van der Waals surface area contributed by atoms with Gasteiger partial charge >= 0.3 is 0 Å². The molecule has 2 heterocycles. The van der Waals surface area contributed by atoms with E-state index in [-0.39, 0.29) is 21.6 Å². The van der Waals surface area contributed by atoms with Crippen LogP contribution in [0.5, 0.6) is 0 Å². The number of rotatable bonds is 3. The van der Waals surface area contributed by atoms with E-state index in [0.29, 0.717) is 12.1 Å². The van der Waals surface area contributed by atoms with E-state index in [9.17, 15) is 13.2 Å². The highest BCUT2D eigenvalue weighted by Gasteiger charge is 2.34. The van der Waals surface area contributed by atoms with Gasteiger partial charge in [0.25, 0.3) is 0 Å². The summed E-state index contributed by atoms with van der Waals surface area (Å²) in [5, 5.41) is 4.41. The van der Waals surface area contributed by atoms with Gasteiger partial charge in [-0.3, -0.25) is 4.79 Å². The van der Waals surface area contributed by atoms with Crippen molar-refractivity contribution in [3.05, 3.63) is 74.9 Å². The Labute approximate surface area is 163 Å². The highest BCUT2D eigenvalue weighted by atomic mass is 79.9. The highest BCUT2D eigenvalue weighted by Crippen LogP contribution is 2.47. The molecule has 7 heteroatoms. The van der Waals surface area contributed by atoms with E-state index in [1.165, 1.54) is 11.3 Å². The van der Waals surface area contributed by atoms with E-state index in [1.54, 1.807) is 35.7 Å². The number of amides is 1. The summed E-state index contributed by atoms with van der Waals surface area (Å²) in [5.41, 5.74) is 1.39. The molecule has 1 amide bonds. The van der Waals surface area contributed by atoms with E-state index >= 15 is 0 Å². The molecule has 0 saturated heterocycles. The fourth-order valence-corrected chi connectivity index (χ4v) is 6.62. The lowest BCUT2D eigenvalue weighted by molar-refractivity contribution is -0.116. The maximum absolute atomic E-state index is 13.0. The first-order chi connectivity index (χ1) is 12.5. The highest BCUT2D eigenvalue weighted by molar-refractivity contribution is 9.10. The summed E-state index contributed by atoms with van der Waals surface area (Å²) < 4.78 is 27.0. The second-order valence-corrected chi connectivity index (χ2v) is 9.67. The van der Waals surface area contributed by atoms with E-state index in [4.69, 9.17) is 0 Å². The van der Waals surface area contributed by atoms with Gasteiger partial charge in [-0.05, 0) is 23.8 Å². The van der Waals surface area contributed by atoms with Gasteiger partial charge in [-0.2, -0.15) is 0 Å². The maximum atomic E-state index is 13.0. The summed E-state index contributed by atoms with van der Waals surface area (Å²) in [6.07, 6.45) is 0.293. The number of carbonyl (C=O) groups excluding carboxylic acids is 1. The molecule has 1 aromatic heterocycles. The Morgan fingerprint density at radius 1 is 1.04 bits per heavy atom. The summed E-state index contributed by atoms with van der Waals surface area (Å²) >= 11 is 4.91. The topological polar surface area (TPSA) is 63.2 Å². The van der Waals surface area contributed by atoms with Crippen molar-refractivity contribution in [1.29, 1.82) is 0 Å². The zero-order valence-electron chi connectivity index (χ0n) is 13.5. The quantitative estimate of drug-likeness (QED) is 0.625. The van der Waals surface area contributed by atoms with Gasteiger partial charge in [0.2, 0.25) is 15.7 Å². The Hall–Kier alpha value is -1.96. The Morgan fingerprint density at radius 3 is 2.46 bits per heavy atom. The number of sulfone groups is 1. The van der Waals surface area contributed by atoms with Gasteiger partial charge in [-0.25, -0.2) is 8.42 Å². The van der Waals surface area contributed by atoms with Crippen LogP contribution in [0.3, 0.4) is 0 Å². The van der Waals surface area contributed by atoms with E-state index in [2.05, 4.69) is 21.2 Å². The molecule has 2 aromatic carbocycles. The van der Waals surface area contributed by atoms with Crippen molar-refractivity contribution in [2.45, 2.75) is 22.1 Å². The number of hydrogen-bond donors (Lipinski definition) is 1. The summed E-state index contributed by atoms with van der Waals surface area (Å²) in [5.74, 6) is -0.347. The molecule has 1 aliphatic rings. The normalized spacial score (nSPS) is 16.8. The van der Waals surface area contributed by atoms with Crippen molar-refractivity contribution < 1.29 is 13.2 Å². The molecule has 1 aliphatic heterocycles. The molecule has 1 atom stereocenters. The van der Waals surface area contributed by atoms with Crippen molar-refractivity contribution >= 4 is 48.7 Å². The Balaban J connectivity index is 1.86. The van der Waals surface area contributed by atoms with Crippen molar-refractivity contribution in [2.75, 3.05) is 5.32 Å². The number of anilines is 1. The first-order valence-electron chi connectivity index (χ1n) is 7.94. The molecule has 0 saturated carbocycles. The van der Waals surface area contributed by atoms with E-state index < -0.39 is 9.84 Å². The number of hydrogen-bond acceptors (Lipinski definition) is 4. The molecular weight excluding hydrogens is 434 g/mol. The number of nitrogens with one attached hydrogen (secondary N) is 1. The molecule has 4 rings (SSSR count). The number of benzene rings is 2. The van der Waals surface area contributed by atoms with Crippen molar-refractivity contribution in [2.24, 2.45) is 0 Å². The molecule has 3 aromatic rings. The molecular formula is C19H14BrNO3S2. The summed E-state index contributed by atoms with van der Waals surface area (Å²) in [7, 11) is -3.69. The molecule has 0 unspecified atom stereocenters. The third-order valence-electron chi connectivity index (χ3n) is 4.38. The molecule has 0 aliphatic carbocycles. The zero-order chi connectivity index (χ0) is 18.3. The van der Waals surface area contributed by atoms with Crippen LogP contribution in [-0.4, -0.2) is 14.3 Å². The summed E-state index contributed by atoms with van der Waals surface area (Å²) in [6.45, 7) is 0. The van der Waals surface area contributed by atoms with Crippen LogP contribution in [0.2, 0.25) is 0 Å². The van der Waals surface area contributed by atoms with Crippen molar-refractivity contribution in [1.82, 2.24) is 0 Å². The number of thiophene rings is 1. The van der Waals surface area contributed by atoms with E-state index in [0.717, 1.165) is 14.9 Å². The fourth-order valence-electron chi connectivity index (χ4n) is 3.14. The Kier molecular flexibility index (Phi) is 4.46. The van der Waals surface area contributed by atoms with Gasteiger partial charge < -0.3 is 5.32 Å². The first kappa shape index (κ1) is 17.5. The molecule has 1 N–H and O–H groups in total. The lowest BCUT2D eigenvalue weighted by Crippen LogP contribution is -2.23. The number of carbonyl (C=O) groups is 1. The SMILES string of the molecule is O=C1C[C@@H](c2ccccc2Br)c2scc(S(=O)(=O)c3ccccc3)c2N1. The van der Waals surface area contributed by atoms with Gasteiger partial charge in [0.05, 0.1) is 10.6 Å². The molecule has 0 radical (unpaired) electrons. The Morgan fingerprint density at radius 2 is 1.73 bits per heavy atom. The predicted molar refractivity (Wildman–Crippen MR) is 105 cm³/mol. The van der Waals surface area contributed by atoms with Gasteiger partial charge in [0.1, 0.15) is 4.90 Å². The van der Waals surface area contributed by atoms with E-state index in [1.807, 2.05) is 24.3 Å². The average molecular weight is 448 g/mol. The first-order valence-corrected chi connectivity index (χ1v) is 11.1. The fraction of sp³-hybridized carbons (Fsp3) is 0.105.